The summed E-state index contributed by atoms with van der Waals surface area (Å²) < 4.78 is 1.55. The molecule has 1 fully saturated rings. The maximum Gasteiger partial charge on any atom is 0.319 e. The molecule has 2 amide bonds. The van der Waals surface area contributed by atoms with Gasteiger partial charge in [-0.3, -0.25) is 4.98 Å². The maximum absolute atomic E-state index is 12.7. The fraction of sp³-hybridized carbons (Fsp3) is 0.316. The van der Waals surface area contributed by atoms with Gasteiger partial charge in [0.25, 0.3) is 0 Å². The Balaban J connectivity index is 1.52. The quantitative estimate of drug-likeness (QED) is 0.726. The van der Waals surface area contributed by atoms with E-state index in [1.807, 2.05) is 44.2 Å². The van der Waals surface area contributed by atoms with Crippen molar-refractivity contribution in [3.63, 3.8) is 0 Å². The summed E-state index contributed by atoms with van der Waals surface area (Å²) in [6.07, 6.45) is 5.50. The molecule has 3 aromatic rings. The van der Waals surface area contributed by atoms with Gasteiger partial charge in [0.2, 0.25) is 0 Å². The van der Waals surface area contributed by atoms with Crippen LogP contribution >= 0.6 is 0 Å². The van der Waals surface area contributed by atoms with E-state index in [4.69, 9.17) is 0 Å². The van der Waals surface area contributed by atoms with Crippen LogP contribution in [0.25, 0.3) is 5.69 Å². The van der Waals surface area contributed by atoms with E-state index in [0.29, 0.717) is 11.6 Å². The van der Waals surface area contributed by atoms with Crippen LogP contribution in [0, 0.1) is 19.8 Å². The molecular formula is C19H21N7O. The van der Waals surface area contributed by atoms with Gasteiger partial charge in [-0.1, -0.05) is 12.1 Å². The number of nitrogens with one attached hydrogen (secondary N) is 2. The number of aromatic nitrogens is 5. The van der Waals surface area contributed by atoms with E-state index >= 15 is 0 Å². The maximum atomic E-state index is 12.7. The van der Waals surface area contributed by atoms with Gasteiger partial charge in [0.05, 0.1) is 17.4 Å². The first kappa shape index (κ1) is 17.1. The fourth-order valence-corrected chi connectivity index (χ4v) is 3.13. The minimum Gasteiger partial charge on any atom is -0.329 e. The zero-order valence-electron chi connectivity index (χ0n) is 15.3. The van der Waals surface area contributed by atoms with Crippen molar-refractivity contribution in [2.24, 2.45) is 5.92 Å². The number of hydrogen-bond acceptors (Lipinski definition) is 5. The van der Waals surface area contributed by atoms with Crippen LogP contribution in [0.5, 0.6) is 0 Å². The summed E-state index contributed by atoms with van der Waals surface area (Å²) in [7, 11) is 0. The van der Waals surface area contributed by atoms with Crippen LogP contribution in [0.2, 0.25) is 0 Å². The van der Waals surface area contributed by atoms with Gasteiger partial charge >= 0.3 is 6.03 Å². The predicted octanol–water partition coefficient (Wildman–Crippen LogP) is 2.95. The van der Waals surface area contributed by atoms with Crippen molar-refractivity contribution in [1.29, 1.82) is 0 Å². The summed E-state index contributed by atoms with van der Waals surface area (Å²) in [5.74, 6) is 0.443. The van der Waals surface area contributed by atoms with Crippen LogP contribution in [0.3, 0.4) is 0 Å². The molecule has 1 aliphatic carbocycles. The number of rotatable bonds is 5. The monoisotopic (exact) mass is 363 g/mol. The standard InChI is InChI=1S/C19H21N7O/c1-12-5-8-15(26-11-21-24-25-26)10-16(12)22-19(27)23-18(14-6-7-14)17-13(2)4-3-9-20-17/h3-5,8-11,14,18H,6-7H2,1-2H3,(H2,22,23,27)/t18-/m1/s1. The molecule has 8 heteroatoms. The molecule has 27 heavy (non-hydrogen) atoms. The van der Waals surface area contributed by atoms with Crippen molar-refractivity contribution >= 4 is 11.7 Å². The first-order valence-corrected chi connectivity index (χ1v) is 8.95. The summed E-state index contributed by atoms with van der Waals surface area (Å²) in [6, 6.07) is 9.30. The number of aryl methyl sites for hydroxylation is 2. The minimum absolute atomic E-state index is 0.0748. The topological polar surface area (TPSA) is 97.6 Å². The molecule has 0 bridgehead atoms. The highest BCUT2D eigenvalue weighted by atomic mass is 16.2. The van der Waals surface area contributed by atoms with E-state index < -0.39 is 0 Å². The lowest BCUT2D eigenvalue weighted by Gasteiger charge is -2.20. The van der Waals surface area contributed by atoms with Crippen LogP contribution in [0.15, 0.2) is 42.9 Å². The molecule has 1 aliphatic rings. The highest BCUT2D eigenvalue weighted by molar-refractivity contribution is 5.90. The smallest absolute Gasteiger partial charge is 0.319 e. The SMILES string of the molecule is Cc1ccc(-n2cnnn2)cc1NC(=O)N[C@@H](c1ncccc1C)C1CC1. The highest BCUT2D eigenvalue weighted by Crippen LogP contribution is 2.41. The number of nitrogens with zero attached hydrogens (tertiary/aromatic N) is 5. The number of tetrazole rings is 1. The number of amides is 2. The van der Waals surface area contributed by atoms with Crippen molar-refractivity contribution in [2.45, 2.75) is 32.7 Å². The Hall–Kier alpha value is -3.29. The number of carbonyl (C=O) groups excluding carboxylic acids is 1. The third-order valence-electron chi connectivity index (χ3n) is 4.81. The van der Waals surface area contributed by atoms with E-state index in [0.717, 1.165) is 35.3 Å². The average molecular weight is 363 g/mol. The fourth-order valence-electron chi connectivity index (χ4n) is 3.13. The third-order valence-corrected chi connectivity index (χ3v) is 4.81. The molecule has 138 valence electrons. The molecular weight excluding hydrogens is 342 g/mol. The van der Waals surface area contributed by atoms with Gasteiger partial charge in [-0.05, 0) is 72.4 Å². The van der Waals surface area contributed by atoms with Gasteiger partial charge in [-0.25, -0.2) is 9.48 Å². The van der Waals surface area contributed by atoms with Crippen LogP contribution in [-0.4, -0.2) is 31.2 Å². The van der Waals surface area contributed by atoms with E-state index in [9.17, 15) is 4.79 Å². The van der Waals surface area contributed by atoms with Crippen molar-refractivity contribution in [3.8, 4) is 5.69 Å². The van der Waals surface area contributed by atoms with Crippen molar-refractivity contribution in [2.75, 3.05) is 5.32 Å². The molecule has 2 aromatic heterocycles. The normalized spacial score (nSPS) is 14.6. The first-order chi connectivity index (χ1) is 13.1. The minimum atomic E-state index is -0.242. The number of benzene rings is 1. The summed E-state index contributed by atoms with van der Waals surface area (Å²) in [6.45, 7) is 3.97. The van der Waals surface area contributed by atoms with Crippen molar-refractivity contribution in [1.82, 2.24) is 30.5 Å². The molecule has 1 atom stereocenters. The molecule has 0 unspecified atom stereocenters. The summed E-state index contributed by atoms with van der Waals surface area (Å²) in [5, 5.41) is 17.2. The number of anilines is 1. The number of hydrogen-bond donors (Lipinski definition) is 2. The van der Waals surface area contributed by atoms with Crippen LogP contribution in [0.1, 0.15) is 35.7 Å². The molecule has 0 radical (unpaired) electrons. The molecule has 2 heterocycles. The Bertz CT molecular complexity index is 950. The molecule has 1 saturated carbocycles. The summed E-state index contributed by atoms with van der Waals surface area (Å²) >= 11 is 0. The van der Waals surface area contributed by atoms with Crippen molar-refractivity contribution < 1.29 is 4.79 Å². The van der Waals surface area contributed by atoms with E-state index in [-0.39, 0.29) is 12.1 Å². The number of carbonyl (C=O) groups is 1. The molecule has 0 saturated heterocycles. The van der Waals surface area contributed by atoms with Gasteiger partial charge in [0.1, 0.15) is 6.33 Å². The second-order valence-electron chi connectivity index (χ2n) is 6.87. The van der Waals surface area contributed by atoms with Gasteiger partial charge in [-0.15, -0.1) is 5.10 Å². The van der Waals surface area contributed by atoms with Crippen LogP contribution < -0.4 is 10.6 Å². The Morgan fingerprint density at radius 3 is 2.78 bits per heavy atom. The zero-order valence-corrected chi connectivity index (χ0v) is 15.3. The Labute approximate surface area is 157 Å². The molecule has 0 aliphatic heterocycles. The number of urea groups is 1. The van der Waals surface area contributed by atoms with Crippen LogP contribution in [-0.2, 0) is 0 Å². The van der Waals surface area contributed by atoms with E-state index in [1.165, 1.54) is 6.33 Å². The van der Waals surface area contributed by atoms with Crippen molar-refractivity contribution in [3.05, 3.63) is 59.7 Å². The summed E-state index contributed by atoms with van der Waals surface area (Å²) in [5.41, 5.74) is 4.48. The molecule has 4 rings (SSSR count). The lowest BCUT2D eigenvalue weighted by Crippen LogP contribution is -2.34. The third kappa shape index (κ3) is 3.79. The Morgan fingerprint density at radius 1 is 1.22 bits per heavy atom. The molecule has 0 spiro atoms. The van der Waals surface area contributed by atoms with Gasteiger partial charge < -0.3 is 10.6 Å². The highest BCUT2D eigenvalue weighted by Gasteiger charge is 2.35. The summed E-state index contributed by atoms with van der Waals surface area (Å²) in [4.78, 5) is 17.2. The number of pyridine rings is 1. The molecule has 2 N–H and O–H groups in total. The lowest BCUT2D eigenvalue weighted by atomic mass is 10.0. The lowest BCUT2D eigenvalue weighted by molar-refractivity contribution is 0.246. The first-order valence-electron chi connectivity index (χ1n) is 8.95. The van der Waals surface area contributed by atoms with Crippen LogP contribution in [0.4, 0.5) is 10.5 Å². The second-order valence-corrected chi connectivity index (χ2v) is 6.87. The van der Waals surface area contributed by atoms with E-state index in [1.54, 1.807) is 10.9 Å². The Kier molecular flexibility index (Phi) is 4.53. The van der Waals surface area contributed by atoms with Gasteiger partial charge in [-0.2, -0.15) is 0 Å². The van der Waals surface area contributed by atoms with Gasteiger partial charge in [0.15, 0.2) is 0 Å². The predicted molar refractivity (Wildman–Crippen MR) is 100 cm³/mol. The zero-order chi connectivity index (χ0) is 18.8. The second kappa shape index (κ2) is 7.14. The van der Waals surface area contributed by atoms with E-state index in [2.05, 4.69) is 31.1 Å². The molecule has 8 nitrogen and oxygen atoms in total. The van der Waals surface area contributed by atoms with Gasteiger partial charge in [0, 0.05) is 11.9 Å². The average Bonchev–Trinajstić information content (AvgIpc) is 3.36. The Morgan fingerprint density at radius 2 is 2.07 bits per heavy atom. The largest absolute Gasteiger partial charge is 0.329 e. The molecule has 1 aromatic carbocycles.